The summed E-state index contributed by atoms with van der Waals surface area (Å²) in [7, 11) is 0. The maximum absolute atomic E-state index is 12.1. The molecule has 30 heavy (non-hydrogen) atoms. The Balaban J connectivity index is 1.47. The van der Waals surface area contributed by atoms with E-state index in [1.807, 2.05) is 0 Å². The van der Waals surface area contributed by atoms with Gasteiger partial charge in [0.05, 0.1) is 31.3 Å². The number of allylic oxidation sites excluding steroid dienone is 4. The summed E-state index contributed by atoms with van der Waals surface area (Å²) in [5.41, 5.74) is 0. The molecule has 0 saturated carbocycles. The second-order valence-electron chi connectivity index (χ2n) is 6.74. The van der Waals surface area contributed by atoms with Gasteiger partial charge in [-0.25, -0.2) is 4.79 Å². The molecule has 0 unspecified atom stereocenters. The summed E-state index contributed by atoms with van der Waals surface area (Å²) in [5.74, 6) is 0.423. The van der Waals surface area contributed by atoms with Gasteiger partial charge >= 0.3 is 12.4 Å². The van der Waals surface area contributed by atoms with Crippen LogP contribution in [-0.2, 0) is 14.2 Å². The van der Waals surface area contributed by atoms with Gasteiger partial charge in [-0.3, -0.25) is 4.90 Å². The molecule has 8 nitrogen and oxygen atoms in total. The summed E-state index contributed by atoms with van der Waals surface area (Å²) in [5, 5.41) is 15.9. The van der Waals surface area contributed by atoms with E-state index in [0.29, 0.717) is 57.8 Å². The highest BCUT2D eigenvalue weighted by molar-refractivity contribution is 5.75. The van der Waals surface area contributed by atoms with Gasteiger partial charge in [-0.1, -0.05) is 0 Å². The molecule has 0 fully saturated rings. The highest BCUT2D eigenvalue weighted by Crippen LogP contribution is 2.27. The average Bonchev–Trinajstić information content (AvgIpc) is 2.71. The molecule has 0 bridgehead atoms. The maximum atomic E-state index is 12.1. The van der Waals surface area contributed by atoms with E-state index in [4.69, 9.17) is 9.47 Å². The van der Waals surface area contributed by atoms with E-state index < -0.39 is 12.5 Å². The number of carbonyl (C=O) groups excluding carboxylic acids is 1. The predicted octanol–water partition coefficient (Wildman–Crippen LogP) is 2.34. The number of rotatable bonds is 11. The van der Waals surface area contributed by atoms with Crippen molar-refractivity contribution in [2.24, 2.45) is 0 Å². The van der Waals surface area contributed by atoms with Crippen LogP contribution in [0.3, 0.4) is 0 Å². The molecule has 11 heteroatoms. The molecule has 0 aromatic rings. The minimum atomic E-state index is -4.68. The molecule has 0 aromatic heterocycles. The van der Waals surface area contributed by atoms with Gasteiger partial charge in [-0.15, -0.1) is 13.2 Å². The van der Waals surface area contributed by atoms with Crippen LogP contribution in [0.4, 0.5) is 18.0 Å². The van der Waals surface area contributed by atoms with Crippen molar-refractivity contribution < 1.29 is 37.3 Å². The lowest BCUT2D eigenvalue weighted by atomic mass is 10.1. The molecule has 1 aliphatic carbocycles. The number of urea groups is 1. The van der Waals surface area contributed by atoms with Gasteiger partial charge in [-0.2, -0.15) is 0 Å². The van der Waals surface area contributed by atoms with Crippen LogP contribution < -0.4 is 10.6 Å². The van der Waals surface area contributed by atoms with Crippen molar-refractivity contribution in [3.8, 4) is 0 Å². The molecular formula is C19H28F3N3O5. The molecule has 3 N–H and O–H groups in total. The van der Waals surface area contributed by atoms with E-state index in [1.165, 1.54) is 18.4 Å². The fraction of sp³-hybridized carbons (Fsp3) is 0.632. The average molecular weight is 435 g/mol. The van der Waals surface area contributed by atoms with Crippen molar-refractivity contribution in [1.29, 1.82) is 0 Å². The molecule has 0 radical (unpaired) electrons. The molecule has 0 spiro atoms. The molecular weight excluding hydrogens is 407 g/mol. The van der Waals surface area contributed by atoms with Gasteiger partial charge < -0.3 is 30.0 Å². The number of halogens is 3. The van der Waals surface area contributed by atoms with Crippen LogP contribution >= 0.6 is 0 Å². The van der Waals surface area contributed by atoms with Crippen LogP contribution in [0.15, 0.2) is 36.1 Å². The number of aliphatic hydroxyl groups is 1. The molecule has 2 rings (SSSR count). The van der Waals surface area contributed by atoms with Crippen molar-refractivity contribution in [2.45, 2.75) is 38.1 Å². The predicted molar refractivity (Wildman–Crippen MR) is 102 cm³/mol. The van der Waals surface area contributed by atoms with Gasteiger partial charge in [0, 0.05) is 38.6 Å². The Labute approximate surface area is 173 Å². The molecule has 2 amide bonds. The topological polar surface area (TPSA) is 92.3 Å². The van der Waals surface area contributed by atoms with Crippen LogP contribution in [-0.4, -0.2) is 67.9 Å². The van der Waals surface area contributed by atoms with Gasteiger partial charge in [0.15, 0.2) is 0 Å². The first-order valence-corrected chi connectivity index (χ1v) is 9.83. The molecule has 1 heterocycles. The zero-order chi connectivity index (χ0) is 21.8. The Hall–Kier alpha value is -2.40. The van der Waals surface area contributed by atoms with Crippen LogP contribution in [0.5, 0.6) is 0 Å². The number of hydrogen-bond donors (Lipinski definition) is 3. The Morgan fingerprint density at radius 3 is 2.70 bits per heavy atom. The molecule has 1 atom stereocenters. The number of ether oxygens (including phenoxy) is 3. The Morgan fingerprint density at radius 1 is 1.27 bits per heavy atom. The quantitative estimate of drug-likeness (QED) is 0.432. The first kappa shape index (κ1) is 23.9. The summed E-state index contributed by atoms with van der Waals surface area (Å²) in [4.78, 5) is 13.4. The monoisotopic (exact) mass is 435 g/mol. The summed E-state index contributed by atoms with van der Waals surface area (Å²) in [6, 6.07) is -0.171. The van der Waals surface area contributed by atoms with Gasteiger partial charge in [0.2, 0.25) is 0 Å². The number of alkyl halides is 3. The van der Waals surface area contributed by atoms with E-state index in [-0.39, 0.29) is 24.8 Å². The standard InChI is InChI=1S/C19H28F3N3O5/c20-19(21,22)30-17-4-2-16(3-5-17)29-11-6-15(26)14-23-7-1-8-24-18(27)25-9-12-28-13-10-25/h2,4,9,12,15,23,26H,1,3,5-8,10-11,13-14H2,(H,24,27)/t15-/m1/s1. The largest absolute Gasteiger partial charge is 0.572 e. The van der Waals surface area contributed by atoms with Crippen LogP contribution in [0, 0.1) is 0 Å². The number of aliphatic hydroxyl groups excluding tert-OH is 1. The summed E-state index contributed by atoms with van der Waals surface area (Å²) >= 11 is 0. The Morgan fingerprint density at radius 2 is 2.03 bits per heavy atom. The molecule has 1 aliphatic heterocycles. The van der Waals surface area contributed by atoms with Gasteiger partial charge in [0.25, 0.3) is 0 Å². The summed E-state index contributed by atoms with van der Waals surface area (Å²) in [6.07, 6.45) is 2.03. The molecule has 0 aromatic carbocycles. The van der Waals surface area contributed by atoms with Crippen molar-refractivity contribution in [3.63, 3.8) is 0 Å². The van der Waals surface area contributed by atoms with E-state index in [2.05, 4.69) is 15.4 Å². The minimum absolute atomic E-state index is 0.119. The number of nitrogens with zero attached hydrogens (tertiary/aromatic N) is 1. The summed E-state index contributed by atoms with van der Waals surface area (Å²) < 4.78 is 50.8. The van der Waals surface area contributed by atoms with Crippen LogP contribution in [0.25, 0.3) is 0 Å². The van der Waals surface area contributed by atoms with E-state index in [1.54, 1.807) is 11.1 Å². The zero-order valence-corrected chi connectivity index (χ0v) is 16.6. The van der Waals surface area contributed by atoms with Crippen molar-refractivity contribution >= 4 is 6.03 Å². The third-order valence-corrected chi connectivity index (χ3v) is 4.29. The number of carbonyl (C=O) groups is 1. The zero-order valence-electron chi connectivity index (χ0n) is 16.6. The highest BCUT2D eigenvalue weighted by Gasteiger charge is 2.32. The number of hydrogen-bond acceptors (Lipinski definition) is 6. The van der Waals surface area contributed by atoms with Gasteiger partial charge in [0.1, 0.15) is 12.4 Å². The minimum Gasteiger partial charge on any atom is -0.498 e. The normalized spacial score (nSPS) is 17.5. The first-order chi connectivity index (χ1) is 14.3. The van der Waals surface area contributed by atoms with Gasteiger partial charge in [-0.05, 0) is 25.1 Å². The smallest absolute Gasteiger partial charge is 0.498 e. The maximum Gasteiger partial charge on any atom is 0.572 e. The highest BCUT2D eigenvalue weighted by atomic mass is 19.4. The van der Waals surface area contributed by atoms with E-state index >= 15 is 0 Å². The fourth-order valence-corrected chi connectivity index (χ4v) is 2.74. The lowest BCUT2D eigenvalue weighted by molar-refractivity contribution is -0.306. The number of amides is 2. The van der Waals surface area contributed by atoms with Crippen molar-refractivity contribution in [1.82, 2.24) is 15.5 Å². The number of nitrogens with one attached hydrogen (secondary N) is 2. The third kappa shape index (κ3) is 9.88. The van der Waals surface area contributed by atoms with E-state index in [0.717, 1.165) is 0 Å². The summed E-state index contributed by atoms with van der Waals surface area (Å²) in [6.45, 7) is 2.79. The molecule has 2 aliphatic rings. The Bertz CT molecular complexity index is 637. The first-order valence-electron chi connectivity index (χ1n) is 9.83. The lowest BCUT2D eigenvalue weighted by Crippen LogP contribution is -2.40. The Kier molecular flexibility index (Phi) is 9.81. The molecule has 0 saturated heterocycles. The molecule has 170 valence electrons. The fourth-order valence-electron chi connectivity index (χ4n) is 2.74. The lowest BCUT2D eigenvalue weighted by Gasteiger charge is -2.21. The van der Waals surface area contributed by atoms with Crippen LogP contribution in [0.1, 0.15) is 25.7 Å². The van der Waals surface area contributed by atoms with E-state index in [9.17, 15) is 23.1 Å². The second kappa shape index (κ2) is 12.3. The van der Waals surface area contributed by atoms with Crippen molar-refractivity contribution in [2.75, 3.05) is 39.4 Å². The van der Waals surface area contributed by atoms with Crippen molar-refractivity contribution in [3.05, 3.63) is 36.1 Å². The SMILES string of the molecule is O=C(NCCCNC[C@H](O)CCOC1=CC=C(OC(F)(F)F)CC1)N1C=COCC1. The third-order valence-electron chi connectivity index (χ3n) is 4.29. The second-order valence-corrected chi connectivity index (χ2v) is 6.74. The van der Waals surface area contributed by atoms with Crippen LogP contribution in [0.2, 0.25) is 0 Å².